The van der Waals surface area contributed by atoms with Gasteiger partial charge in [0.1, 0.15) is 5.82 Å². The van der Waals surface area contributed by atoms with Gasteiger partial charge in [-0.3, -0.25) is 0 Å². The van der Waals surface area contributed by atoms with Crippen LogP contribution >= 0.6 is 0 Å². The number of carbonyl (C=O) groups excluding carboxylic acids is 1. The van der Waals surface area contributed by atoms with Crippen LogP contribution < -0.4 is 5.11 Å². The molecule has 0 amide bonds. The number of hydrogen-bond donors (Lipinski definition) is 2. The van der Waals surface area contributed by atoms with Crippen molar-refractivity contribution in [1.29, 1.82) is 0 Å². The summed E-state index contributed by atoms with van der Waals surface area (Å²) in [6.45, 7) is 0. The average molecular weight is 298 g/mol. The molecule has 3 aromatic rings. The van der Waals surface area contributed by atoms with Crippen molar-refractivity contribution in [2.24, 2.45) is 10.2 Å². The number of halogens is 1. The molecule has 0 bridgehead atoms. The molecular formula is C15H9FN3O3-. The molecule has 0 saturated heterocycles. The van der Waals surface area contributed by atoms with Crippen LogP contribution in [0.25, 0.3) is 10.9 Å². The van der Waals surface area contributed by atoms with Gasteiger partial charge in [-0.05, 0) is 35.9 Å². The number of nitrogens with one attached hydrogen (secondary N) is 1. The number of carboxylic acids is 1. The van der Waals surface area contributed by atoms with Crippen LogP contribution in [0.15, 0.2) is 52.7 Å². The van der Waals surface area contributed by atoms with Crippen molar-refractivity contribution in [3.8, 4) is 5.88 Å². The van der Waals surface area contributed by atoms with Crippen molar-refractivity contribution < 1.29 is 19.4 Å². The minimum Gasteiger partial charge on any atom is -0.545 e. The van der Waals surface area contributed by atoms with Gasteiger partial charge in [0, 0.05) is 5.39 Å². The standard InChI is InChI=1S/C15H10FN3O3/c16-9-4-5-12-11(7-9)13(14(20)17-12)19-18-10-3-1-2-8(6-10)15(21)22/h1-7,17,20H,(H,21,22)/p-1. The van der Waals surface area contributed by atoms with Crippen molar-refractivity contribution in [3.63, 3.8) is 0 Å². The SMILES string of the molecule is O=C([O-])c1cccc(N=Nc2c(O)[nH]c3ccc(F)cc23)c1. The van der Waals surface area contributed by atoms with E-state index < -0.39 is 11.8 Å². The minimum atomic E-state index is -1.32. The molecule has 3 rings (SSSR count). The lowest BCUT2D eigenvalue weighted by molar-refractivity contribution is -0.255. The molecule has 0 spiro atoms. The van der Waals surface area contributed by atoms with Crippen LogP contribution in [0.2, 0.25) is 0 Å². The van der Waals surface area contributed by atoms with Crippen LogP contribution in [0, 0.1) is 5.82 Å². The van der Waals surface area contributed by atoms with Gasteiger partial charge in [0.2, 0.25) is 5.88 Å². The first-order chi connectivity index (χ1) is 10.5. The zero-order chi connectivity index (χ0) is 15.7. The number of fused-ring (bicyclic) bond motifs is 1. The Kier molecular flexibility index (Phi) is 3.30. The molecule has 1 heterocycles. The van der Waals surface area contributed by atoms with E-state index >= 15 is 0 Å². The second kappa shape index (κ2) is 5.28. The Morgan fingerprint density at radius 3 is 2.77 bits per heavy atom. The van der Waals surface area contributed by atoms with Crippen LogP contribution in [0.5, 0.6) is 5.88 Å². The summed E-state index contributed by atoms with van der Waals surface area (Å²) >= 11 is 0. The van der Waals surface area contributed by atoms with Gasteiger partial charge in [-0.15, -0.1) is 5.11 Å². The largest absolute Gasteiger partial charge is 0.545 e. The number of benzene rings is 2. The first kappa shape index (κ1) is 13.7. The van der Waals surface area contributed by atoms with Gasteiger partial charge in [0.05, 0.1) is 17.2 Å². The van der Waals surface area contributed by atoms with Gasteiger partial charge in [-0.2, -0.15) is 5.11 Å². The Bertz CT molecular complexity index is 902. The van der Waals surface area contributed by atoms with Gasteiger partial charge in [-0.25, -0.2) is 4.39 Å². The van der Waals surface area contributed by atoms with E-state index in [-0.39, 0.29) is 22.8 Å². The van der Waals surface area contributed by atoms with Crippen molar-refractivity contribution in [2.75, 3.05) is 0 Å². The summed E-state index contributed by atoms with van der Waals surface area (Å²) in [5.41, 5.74) is 0.821. The van der Waals surface area contributed by atoms with Gasteiger partial charge < -0.3 is 20.0 Å². The fourth-order valence-electron chi connectivity index (χ4n) is 2.04. The average Bonchev–Trinajstić information content (AvgIpc) is 2.80. The quantitative estimate of drug-likeness (QED) is 0.727. The maximum Gasteiger partial charge on any atom is 0.218 e. The number of H-pyrrole nitrogens is 1. The molecule has 0 saturated carbocycles. The number of aromatic carboxylic acids is 1. The topological polar surface area (TPSA) is 101 Å². The van der Waals surface area contributed by atoms with E-state index in [0.717, 1.165) is 0 Å². The van der Waals surface area contributed by atoms with E-state index in [0.29, 0.717) is 10.9 Å². The summed E-state index contributed by atoms with van der Waals surface area (Å²) in [5, 5.41) is 28.7. The maximum atomic E-state index is 13.3. The van der Waals surface area contributed by atoms with Gasteiger partial charge in [0.25, 0.3) is 0 Å². The van der Waals surface area contributed by atoms with Gasteiger partial charge in [-0.1, -0.05) is 12.1 Å². The van der Waals surface area contributed by atoms with Gasteiger partial charge in [0.15, 0.2) is 5.69 Å². The monoisotopic (exact) mass is 298 g/mol. The van der Waals surface area contributed by atoms with E-state index in [1.807, 2.05) is 0 Å². The molecule has 22 heavy (non-hydrogen) atoms. The Morgan fingerprint density at radius 2 is 2.00 bits per heavy atom. The Morgan fingerprint density at radius 1 is 1.18 bits per heavy atom. The highest BCUT2D eigenvalue weighted by molar-refractivity contribution is 5.94. The summed E-state index contributed by atoms with van der Waals surface area (Å²) in [6.07, 6.45) is 0. The number of aromatic hydroxyl groups is 1. The molecule has 0 aliphatic carbocycles. The third kappa shape index (κ3) is 2.51. The molecular weight excluding hydrogens is 289 g/mol. The third-order valence-corrected chi connectivity index (χ3v) is 3.06. The number of aromatic nitrogens is 1. The summed E-state index contributed by atoms with van der Waals surface area (Å²) in [6, 6.07) is 9.63. The number of azo groups is 1. The molecule has 7 heteroatoms. The molecule has 0 radical (unpaired) electrons. The number of carbonyl (C=O) groups is 1. The van der Waals surface area contributed by atoms with Crippen LogP contribution in [0.1, 0.15) is 10.4 Å². The summed E-state index contributed by atoms with van der Waals surface area (Å²) in [7, 11) is 0. The lowest BCUT2D eigenvalue weighted by atomic mass is 10.2. The molecule has 0 unspecified atom stereocenters. The molecule has 0 fully saturated rings. The Labute approximate surface area is 123 Å². The summed E-state index contributed by atoms with van der Waals surface area (Å²) in [4.78, 5) is 13.4. The molecule has 6 nitrogen and oxygen atoms in total. The molecule has 0 aliphatic rings. The fraction of sp³-hybridized carbons (Fsp3) is 0. The number of aromatic amines is 1. The van der Waals surface area contributed by atoms with E-state index in [1.54, 1.807) is 6.07 Å². The number of carboxylic acid groups (broad SMARTS) is 1. The molecule has 110 valence electrons. The van der Waals surface area contributed by atoms with Crippen molar-refractivity contribution >= 4 is 28.2 Å². The Balaban J connectivity index is 2.02. The third-order valence-electron chi connectivity index (χ3n) is 3.06. The van der Waals surface area contributed by atoms with E-state index in [9.17, 15) is 19.4 Å². The highest BCUT2D eigenvalue weighted by atomic mass is 19.1. The van der Waals surface area contributed by atoms with Crippen molar-refractivity contribution in [1.82, 2.24) is 4.98 Å². The number of rotatable bonds is 3. The highest BCUT2D eigenvalue weighted by Crippen LogP contribution is 2.36. The minimum absolute atomic E-state index is 0.0364. The lowest BCUT2D eigenvalue weighted by Gasteiger charge is -2.01. The first-order valence-electron chi connectivity index (χ1n) is 6.28. The van der Waals surface area contributed by atoms with E-state index in [4.69, 9.17) is 0 Å². The first-order valence-corrected chi connectivity index (χ1v) is 6.28. The molecule has 1 aromatic heterocycles. The van der Waals surface area contributed by atoms with Crippen molar-refractivity contribution in [3.05, 3.63) is 53.8 Å². The zero-order valence-electron chi connectivity index (χ0n) is 11.1. The van der Waals surface area contributed by atoms with E-state index in [2.05, 4.69) is 15.2 Å². The summed E-state index contributed by atoms with van der Waals surface area (Å²) < 4.78 is 13.3. The maximum absolute atomic E-state index is 13.3. The molecule has 0 aliphatic heterocycles. The zero-order valence-corrected chi connectivity index (χ0v) is 11.1. The lowest BCUT2D eigenvalue weighted by Crippen LogP contribution is -2.21. The summed E-state index contributed by atoms with van der Waals surface area (Å²) in [5.74, 6) is -2.05. The fourth-order valence-corrected chi connectivity index (χ4v) is 2.04. The number of hydrogen-bond acceptors (Lipinski definition) is 5. The second-order valence-corrected chi connectivity index (χ2v) is 4.55. The second-order valence-electron chi connectivity index (χ2n) is 4.55. The molecule has 2 aromatic carbocycles. The van der Waals surface area contributed by atoms with E-state index in [1.165, 1.54) is 36.4 Å². The van der Waals surface area contributed by atoms with Crippen LogP contribution in [-0.4, -0.2) is 16.1 Å². The predicted molar refractivity (Wildman–Crippen MR) is 74.9 cm³/mol. The number of nitrogens with zero attached hydrogens (tertiary/aromatic N) is 2. The van der Waals surface area contributed by atoms with Crippen molar-refractivity contribution in [2.45, 2.75) is 0 Å². The highest BCUT2D eigenvalue weighted by Gasteiger charge is 2.11. The Hall–Kier alpha value is -3.22. The molecule has 0 atom stereocenters. The predicted octanol–water partition coefficient (Wildman–Crippen LogP) is 2.79. The van der Waals surface area contributed by atoms with Crippen LogP contribution in [0.4, 0.5) is 15.8 Å². The molecule has 2 N–H and O–H groups in total. The normalized spacial score (nSPS) is 11.3. The van der Waals surface area contributed by atoms with Crippen LogP contribution in [-0.2, 0) is 0 Å². The van der Waals surface area contributed by atoms with Gasteiger partial charge >= 0.3 is 0 Å². The van der Waals surface area contributed by atoms with Crippen LogP contribution in [0.3, 0.4) is 0 Å². The smallest absolute Gasteiger partial charge is 0.218 e.